The van der Waals surface area contributed by atoms with Gasteiger partial charge in [0, 0.05) is 11.8 Å². The lowest BCUT2D eigenvalue weighted by atomic mass is 10.2. The summed E-state index contributed by atoms with van der Waals surface area (Å²) in [5, 5.41) is 0. The number of hydrogen-bond acceptors (Lipinski definition) is 1. The zero-order valence-corrected chi connectivity index (χ0v) is 14.4. The van der Waals surface area contributed by atoms with Gasteiger partial charge in [0.25, 0.3) is 0 Å². The Morgan fingerprint density at radius 1 is 0.769 bits per heavy atom. The topological polar surface area (TPSA) is 9.23 Å². The first-order valence-electron chi connectivity index (χ1n) is 4.05. The summed E-state index contributed by atoms with van der Waals surface area (Å²) in [6.07, 6.45) is 0. The Morgan fingerprint density at radius 3 is 1.15 bits per heavy atom. The van der Waals surface area contributed by atoms with Crippen molar-refractivity contribution >= 4 is 63.7 Å². The molecule has 0 aromatic heterocycles. The molecule has 0 N–H and O–H groups in total. The first kappa shape index (κ1) is 14.9. The number of ether oxygens (including phenoxy) is 1. The van der Waals surface area contributed by atoms with Crippen LogP contribution in [0, 0.1) is 11.8 Å². The minimum Gasteiger partial charge on any atom is -0.325 e. The van der Waals surface area contributed by atoms with Crippen molar-refractivity contribution in [3.8, 4) is 0 Å². The molecule has 0 aliphatic heterocycles. The van der Waals surface area contributed by atoms with Gasteiger partial charge in [0.2, 0.25) is 0 Å². The summed E-state index contributed by atoms with van der Waals surface area (Å²) in [5.74, 6) is 0.640. The van der Waals surface area contributed by atoms with Crippen LogP contribution in [0.3, 0.4) is 0 Å². The van der Waals surface area contributed by atoms with Crippen molar-refractivity contribution in [1.29, 1.82) is 0 Å². The zero-order valence-electron chi connectivity index (χ0n) is 8.07. The SMILES string of the molecule is CC(C)C(Br)(Br)OC(Br)(Br)C(C)C. The molecule has 0 aliphatic carbocycles. The van der Waals surface area contributed by atoms with Crippen molar-refractivity contribution in [2.24, 2.45) is 11.8 Å². The molecular formula is C8H14Br4O. The Balaban J connectivity index is 4.42. The molecule has 0 aromatic rings. The second-order valence-electron chi connectivity index (χ2n) is 3.54. The molecule has 0 bridgehead atoms. The second-order valence-corrected chi connectivity index (χ2v) is 10.4. The smallest absolute Gasteiger partial charge is 0.182 e. The predicted octanol–water partition coefficient (Wildman–Crippen LogP) is 5.20. The molecule has 0 amide bonds. The van der Waals surface area contributed by atoms with E-state index in [9.17, 15) is 0 Å². The summed E-state index contributed by atoms with van der Waals surface area (Å²) < 4.78 is 4.81. The fraction of sp³-hybridized carbons (Fsp3) is 1.00. The van der Waals surface area contributed by atoms with Gasteiger partial charge in [0.15, 0.2) is 6.84 Å². The summed E-state index contributed by atoms with van der Waals surface area (Å²) in [6, 6.07) is 0. The van der Waals surface area contributed by atoms with Crippen LogP contribution < -0.4 is 0 Å². The lowest BCUT2D eigenvalue weighted by Gasteiger charge is -2.35. The van der Waals surface area contributed by atoms with Gasteiger partial charge < -0.3 is 4.74 Å². The molecule has 0 atom stereocenters. The molecule has 80 valence electrons. The third-order valence-corrected chi connectivity index (χ3v) is 5.93. The Hall–Kier alpha value is 1.88. The summed E-state index contributed by atoms with van der Waals surface area (Å²) in [4.78, 5) is 0. The highest BCUT2D eigenvalue weighted by Crippen LogP contribution is 2.46. The van der Waals surface area contributed by atoms with Crippen molar-refractivity contribution in [2.75, 3.05) is 0 Å². The normalized spacial score (nSPS) is 14.3. The predicted molar refractivity (Wildman–Crippen MR) is 71.9 cm³/mol. The Morgan fingerprint density at radius 2 is 1.00 bits per heavy atom. The van der Waals surface area contributed by atoms with E-state index in [2.05, 4.69) is 91.4 Å². The van der Waals surface area contributed by atoms with Gasteiger partial charge in [-0.15, -0.1) is 0 Å². The lowest BCUT2D eigenvalue weighted by Crippen LogP contribution is -2.35. The molecule has 0 heterocycles. The molecule has 0 saturated carbocycles. The maximum absolute atomic E-state index is 5.81. The third-order valence-electron chi connectivity index (χ3n) is 1.62. The quantitative estimate of drug-likeness (QED) is 0.540. The van der Waals surface area contributed by atoms with Gasteiger partial charge in [-0.05, 0) is 63.7 Å². The fourth-order valence-corrected chi connectivity index (χ4v) is 2.31. The monoisotopic (exact) mass is 442 g/mol. The molecule has 0 unspecified atom stereocenters. The van der Waals surface area contributed by atoms with Crippen LogP contribution in [-0.4, -0.2) is 6.84 Å². The first-order valence-corrected chi connectivity index (χ1v) is 7.22. The van der Waals surface area contributed by atoms with Crippen LogP contribution in [0.2, 0.25) is 0 Å². The van der Waals surface area contributed by atoms with Crippen LogP contribution >= 0.6 is 63.7 Å². The highest BCUT2D eigenvalue weighted by atomic mass is 79.9. The fourth-order valence-electron chi connectivity index (χ4n) is 0.417. The number of alkyl halides is 4. The molecule has 0 rings (SSSR count). The number of halogens is 4. The van der Waals surface area contributed by atoms with Crippen molar-refractivity contribution in [3.05, 3.63) is 0 Å². The number of rotatable bonds is 4. The summed E-state index contributed by atoms with van der Waals surface area (Å²) in [7, 11) is 0. The van der Waals surface area contributed by atoms with Crippen LogP contribution in [0.15, 0.2) is 0 Å². The Labute approximate surface area is 114 Å². The molecule has 0 aliphatic rings. The van der Waals surface area contributed by atoms with Gasteiger partial charge in [-0.25, -0.2) is 0 Å². The lowest BCUT2D eigenvalue weighted by molar-refractivity contribution is 0.0168. The second kappa shape index (κ2) is 5.28. The summed E-state index contributed by atoms with van der Waals surface area (Å²) in [5.41, 5.74) is 0. The standard InChI is InChI=1S/C8H14Br4O/c1-5(2)7(9,10)13-8(11,12)6(3)4/h5-6H,1-4H3. The van der Waals surface area contributed by atoms with Crippen molar-refractivity contribution in [3.63, 3.8) is 0 Å². The van der Waals surface area contributed by atoms with E-state index < -0.39 is 6.84 Å². The third kappa shape index (κ3) is 4.96. The van der Waals surface area contributed by atoms with E-state index in [1.165, 1.54) is 0 Å². The minimum atomic E-state index is -0.503. The molecular weight excluding hydrogens is 432 g/mol. The van der Waals surface area contributed by atoms with Gasteiger partial charge in [0.1, 0.15) is 0 Å². The van der Waals surface area contributed by atoms with E-state index in [-0.39, 0.29) is 0 Å². The molecule has 0 aromatic carbocycles. The van der Waals surface area contributed by atoms with Crippen molar-refractivity contribution < 1.29 is 4.74 Å². The van der Waals surface area contributed by atoms with E-state index in [1.54, 1.807) is 0 Å². The average Bonchev–Trinajstić information content (AvgIpc) is 1.83. The van der Waals surface area contributed by atoms with Crippen LogP contribution in [0.25, 0.3) is 0 Å². The van der Waals surface area contributed by atoms with Crippen molar-refractivity contribution in [2.45, 2.75) is 34.5 Å². The van der Waals surface area contributed by atoms with Crippen LogP contribution in [0.1, 0.15) is 27.7 Å². The average molecular weight is 446 g/mol. The Bertz CT molecular complexity index is 148. The molecule has 13 heavy (non-hydrogen) atoms. The van der Waals surface area contributed by atoms with Gasteiger partial charge in [0.05, 0.1) is 0 Å². The van der Waals surface area contributed by atoms with Crippen LogP contribution in [0.4, 0.5) is 0 Å². The molecule has 0 fully saturated rings. The maximum atomic E-state index is 5.81. The zero-order chi connectivity index (χ0) is 10.9. The number of hydrogen-bond donors (Lipinski definition) is 0. The molecule has 0 saturated heterocycles. The van der Waals surface area contributed by atoms with Gasteiger partial charge in [-0.3, -0.25) is 0 Å². The van der Waals surface area contributed by atoms with Gasteiger partial charge in [-0.2, -0.15) is 0 Å². The summed E-state index contributed by atoms with van der Waals surface area (Å²) >= 11 is 13.9. The minimum absolute atomic E-state index is 0.320. The van der Waals surface area contributed by atoms with Crippen molar-refractivity contribution in [1.82, 2.24) is 0 Å². The van der Waals surface area contributed by atoms with E-state index >= 15 is 0 Å². The molecule has 0 radical (unpaired) electrons. The van der Waals surface area contributed by atoms with E-state index in [0.29, 0.717) is 11.8 Å². The van der Waals surface area contributed by atoms with E-state index in [4.69, 9.17) is 4.74 Å². The highest BCUT2D eigenvalue weighted by molar-refractivity contribution is 9.26. The highest BCUT2D eigenvalue weighted by Gasteiger charge is 2.39. The van der Waals surface area contributed by atoms with Crippen LogP contribution in [0.5, 0.6) is 0 Å². The van der Waals surface area contributed by atoms with E-state index in [1.807, 2.05) is 0 Å². The van der Waals surface area contributed by atoms with Gasteiger partial charge >= 0.3 is 0 Å². The van der Waals surface area contributed by atoms with E-state index in [0.717, 1.165) is 0 Å². The molecule has 1 nitrogen and oxygen atoms in total. The van der Waals surface area contributed by atoms with Gasteiger partial charge in [-0.1, -0.05) is 27.7 Å². The summed E-state index contributed by atoms with van der Waals surface area (Å²) in [6.45, 7) is 8.28. The molecule has 0 spiro atoms. The Kier molecular flexibility index (Phi) is 6.05. The largest absolute Gasteiger partial charge is 0.325 e. The van der Waals surface area contributed by atoms with Crippen LogP contribution in [-0.2, 0) is 4.74 Å². The first-order chi connectivity index (χ1) is 5.59. The maximum Gasteiger partial charge on any atom is 0.182 e. The molecule has 5 heteroatoms.